The number of fused-ring (bicyclic) bond motifs is 1. The number of carbonyl (C=O) groups is 1. The Balaban J connectivity index is 1.22. The van der Waals surface area contributed by atoms with Crippen LogP contribution in [-0.4, -0.2) is 104 Å². The van der Waals surface area contributed by atoms with Gasteiger partial charge in [-0.3, -0.25) is 9.69 Å². The van der Waals surface area contributed by atoms with Crippen LogP contribution in [-0.2, 0) is 14.8 Å². The first-order valence-electron chi connectivity index (χ1n) is 14.3. The molecular weight excluding hydrogens is 462 g/mol. The van der Waals surface area contributed by atoms with Crippen LogP contribution in [0.3, 0.4) is 0 Å². The van der Waals surface area contributed by atoms with Gasteiger partial charge in [0.1, 0.15) is 0 Å². The lowest BCUT2D eigenvalue weighted by Gasteiger charge is -2.42. The van der Waals surface area contributed by atoms with Crippen molar-refractivity contribution in [1.29, 1.82) is 0 Å². The molecule has 1 amide bonds. The van der Waals surface area contributed by atoms with Crippen molar-refractivity contribution in [1.82, 2.24) is 24.7 Å². The first-order valence-corrected chi connectivity index (χ1v) is 15.9. The Morgan fingerprint density at radius 3 is 2.40 bits per heavy atom. The fraction of sp³-hybridized carbons (Fsp3) is 0.962. The molecular formula is C26H49N5O3S. The Morgan fingerprint density at radius 1 is 1.00 bits per heavy atom. The van der Waals surface area contributed by atoms with Crippen molar-refractivity contribution in [3.05, 3.63) is 0 Å². The van der Waals surface area contributed by atoms with Gasteiger partial charge in [-0.25, -0.2) is 8.42 Å². The van der Waals surface area contributed by atoms with Gasteiger partial charge in [-0.05, 0) is 69.9 Å². The molecule has 9 heteroatoms. The van der Waals surface area contributed by atoms with Crippen LogP contribution < -0.4 is 10.6 Å². The zero-order chi connectivity index (χ0) is 25.0. The van der Waals surface area contributed by atoms with E-state index in [1.165, 1.54) is 19.3 Å². The second-order valence-corrected chi connectivity index (χ2v) is 13.5. The van der Waals surface area contributed by atoms with E-state index < -0.39 is 10.0 Å². The number of rotatable bonds is 9. The summed E-state index contributed by atoms with van der Waals surface area (Å²) in [7, 11) is -3.20. The molecule has 0 aromatic heterocycles. The molecule has 6 unspecified atom stereocenters. The Morgan fingerprint density at radius 2 is 1.71 bits per heavy atom. The summed E-state index contributed by atoms with van der Waals surface area (Å²) in [6.45, 7) is 11.6. The minimum atomic E-state index is -3.20. The van der Waals surface area contributed by atoms with Gasteiger partial charge in [0.05, 0.1) is 11.8 Å². The summed E-state index contributed by atoms with van der Waals surface area (Å²) in [5.74, 6) is 1.74. The Labute approximate surface area is 213 Å². The minimum absolute atomic E-state index is 0.0315. The second kappa shape index (κ2) is 12.2. The number of amides is 1. The van der Waals surface area contributed by atoms with Crippen LogP contribution in [0.4, 0.5) is 0 Å². The lowest BCUT2D eigenvalue weighted by atomic mass is 9.78. The topological polar surface area (TPSA) is 85.0 Å². The van der Waals surface area contributed by atoms with Crippen molar-refractivity contribution in [3.63, 3.8) is 0 Å². The molecule has 4 aliphatic rings. The summed E-state index contributed by atoms with van der Waals surface area (Å²) in [5, 5.41) is 7.05. The monoisotopic (exact) mass is 511 g/mol. The molecule has 0 aromatic rings. The lowest BCUT2D eigenvalue weighted by molar-refractivity contribution is -0.124. The highest BCUT2D eigenvalue weighted by molar-refractivity contribution is 7.89. The third kappa shape index (κ3) is 6.78. The predicted molar refractivity (Wildman–Crippen MR) is 141 cm³/mol. The third-order valence-corrected chi connectivity index (χ3v) is 11.2. The number of piperazine rings is 1. The van der Waals surface area contributed by atoms with E-state index >= 15 is 0 Å². The van der Waals surface area contributed by atoms with Gasteiger partial charge in [0, 0.05) is 50.8 Å². The van der Waals surface area contributed by atoms with Gasteiger partial charge in [0.15, 0.2) is 0 Å². The van der Waals surface area contributed by atoms with Crippen LogP contribution in [0.15, 0.2) is 0 Å². The smallest absolute Gasteiger partial charge is 0.237 e. The average Bonchev–Trinajstić information content (AvgIpc) is 3.31. The van der Waals surface area contributed by atoms with Crippen LogP contribution in [0, 0.1) is 11.8 Å². The maximum Gasteiger partial charge on any atom is 0.237 e. The fourth-order valence-corrected chi connectivity index (χ4v) is 8.53. The molecule has 8 nitrogen and oxygen atoms in total. The second-order valence-electron chi connectivity index (χ2n) is 11.5. The first-order chi connectivity index (χ1) is 16.8. The molecule has 2 aliphatic carbocycles. The summed E-state index contributed by atoms with van der Waals surface area (Å²) < 4.78 is 27.4. The molecule has 0 spiro atoms. The SMILES string of the molecule is CCN(CC)CCS(=O)(=O)N1CCN(C2CCCC(NC(=O)C3CC4CCCC(C)C4N3)C2)CC1. The molecule has 2 saturated carbocycles. The maximum absolute atomic E-state index is 13.1. The molecule has 35 heavy (non-hydrogen) atoms. The molecule has 2 N–H and O–H groups in total. The number of nitrogens with one attached hydrogen (secondary N) is 2. The number of carbonyl (C=O) groups excluding carboxylic acids is 1. The molecule has 0 aromatic carbocycles. The summed E-state index contributed by atoms with van der Waals surface area (Å²) >= 11 is 0. The van der Waals surface area contributed by atoms with Crippen LogP contribution in [0.1, 0.15) is 72.1 Å². The lowest BCUT2D eigenvalue weighted by Crippen LogP contribution is -2.55. The van der Waals surface area contributed by atoms with Crippen LogP contribution in [0.2, 0.25) is 0 Å². The van der Waals surface area contributed by atoms with E-state index in [-0.39, 0.29) is 23.7 Å². The van der Waals surface area contributed by atoms with E-state index in [0.717, 1.165) is 58.3 Å². The minimum Gasteiger partial charge on any atom is -0.352 e. The van der Waals surface area contributed by atoms with Crippen LogP contribution in [0.5, 0.6) is 0 Å². The fourth-order valence-electron chi connectivity index (χ4n) is 7.07. The largest absolute Gasteiger partial charge is 0.352 e. The summed E-state index contributed by atoms with van der Waals surface area (Å²) in [6.07, 6.45) is 9.12. The van der Waals surface area contributed by atoms with Gasteiger partial charge in [0.2, 0.25) is 15.9 Å². The predicted octanol–water partition coefficient (Wildman–Crippen LogP) is 1.87. The van der Waals surface area contributed by atoms with Crippen molar-refractivity contribution in [3.8, 4) is 0 Å². The molecule has 202 valence electrons. The Hall–Kier alpha value is -0.740. The summed E-state index contributed by atoms with van der Waals surface area (Å²) in [6, 6.07) is 1.15. The molecule has 2 aliphatic heterocycles. The standard InChI is InChI=1S/C26H49N5O3S/c1-4-29(5-2)16-17-35(33,34)31-14-12-30(13-15-31)23-11-7-10-22(19-23)27-26(32)24-18-21-9-6-8-20(3)25(21)28-24/h20-25,28H,4-19H2,1-3H3,(H,27,32). The summed E-state index contributed by atoms with van der Waals surface area (Å²) in [4.78, 5) is 17.7. The van der Waals surface area contributed by atoms with E-state index in [1.807, 2.05) is 0 Å². The van der Waals surface area contributed by atoms with Crippen molar-refractivity contribution in [2.45, 2.75) is 96.3 Å². The summed E-state index contributed by atoms with van der Waals surface area (Å²) in [5.41, 5.74) is 0. The van der Waals surface area contributed by atoms with Crippen molar-refractivity contribution < 1.29 is 13.2 Å². The molecule has 0 bridgehead atoms. The van der Waals surface area contributed by atoms with E-state index in [9.17, 15) is 13.2 Å². The van der Waals surface area contributed by atoms with Crippen molar-refractivity contribution >= 4 is 15.9 Å². The van der Waals surface area contributed by atoms with Gasteiger partial charge in [-0.2, -0.15) is 4.31 Å². The molecule has 2 saturated heterocycles. The quantitative estimate of drug-likeness (QED) is 0.492. The zero-order valence-corrected chi connectivity index (χ0v) is 23.1. The number of hydrogen-bond donors (Lipinski definition) is 2. The van der Waals surface area contributed by atoms with E-state index in [1.54, 1.807) is 4.31 Å². The van der Waals surface area contributed by atoms with Crippen LogP contribution >= 0.6 is 0 Å². The van der Waals surface area contributed by atoms with E-state index in [4.69, 9.17) is 0 Å². The zero-order valence-electron chi connectivity index (χ0n) is 22.3. The highest BCUT2D eigenvalue weighted by atomic mass is 32.2. The van der Waals surface area contributed by atoms with Gasteiger partial charge in [-0.1, -0.05) is 27.2 Å². The first kappa shape index (κ1) is 27.3. The molecule has 4 fully saturated rings. The average molecular weight is 512 g/mol. The highest BCUT2D eigenvalue weighted by Crippen LogP contribution is 2.37. The molecule has 2 heterocycles. The number of sulfonamides is 1. The van der Waals surface area contributed by atoms with E-state index in [0.29, 0.717) is 43.6 Å². The normalized spacial score (nSPS) is 35.2. The van der Waals surface area contributed by atoms with Gasteiger partial charge < -0.3 is 15.5 Å². The molecule has 4 rings (SSSR count). The van der Waals surface area contributed by atoms with Gasteiger partial charge in [-0.15, -0.1) is 0 Å². The Bertz CT molecular complexity index is 797. The number of nitrogens with zero attached hydrogens (tertiary/aromatic N) is 3. The third-order valence-electron chi connectivity index (χ3n) is 9.34. The van der Waals surface area contributed by atoms with E-state index in [2.05, 4.69) is 41.2 Å². The van der Waals surface area contributed by atoms with Crippen molar-refractivity contribution in [2.75, 3.05) is 51.6 Å². The van der Waals surface area contributed by atoms with Crippen LogP contribution in [0.25, 0.3) is 0 Å². The van der Waals surface area contributed by atoms with Gasteiger partial charge in [0.25, 0.3) is 0 Å². The van der Waals surface area contributed by atoms with Crippen molar-refractivity contribution in [2.24, 2.45) is 11.8 Å². The number of hydrogen-bond acceptors (Lipinski definition) is 6. The highest BCUT2D eigenvalue weighted by Gasteiger charge is 2.42. The Kier molecular flexibility index (Phi) is 9.52. The molecule has 0 radical (unpaired) electrons. The molecule has 6 atom stereocenters. The van der Waals surface area contributed by atoms with Gasteiger partial charge >= 0.3 is 0 Å². The maximum atomic E-state index is 13.1.